The molecule has 3 N–H and O–H groups in total. The number of nitrogens with two attached hydrogens (primary N) is 1. The van der Waals surface area contributed by atoms with Crippen molar-refractivity contribution in [2.75, 3.05) is 12.3 Å². The quantitative estimate of drug-likeness (QED) is 0.399. The minimum absolute atomic E-state index is 0.00151. The number of aromatic nitrogens is 1. The molecule has 0 atom stereocenters. The van der Waals surface area contributed by atoms with Crippen LogP contribution in [0.1, 0.15) is 10.5 Å². The van der Waals surface area contributed by atoms with Gasteiger partial charge in [0.2, 0.25) is 0 Å². The Bertz CT molecular complexity index is 371. The van der Waals surface area contributed by atoms with Crippen molar-refractivity contribution in [2.24, 2.45) is 0 Å². The van der Waals surface area contributed by atoms with E-state index in [1.807, 2.05) is 0 Å². The summed E-state index contributed by atoms with van der Waals surface area (Å²) in [6, 6.07) is 3.21. The fourth-order valence-corrected chi connectivity index (χ4v) is 0.799. The minimum Gasteiger partial charge on any atom is -0.397 e. The molecule has 1 aromatic heterocycles. The van der Waals surface area contributed by atoms with E-state index in [4.69, 9.17) is 12.2 Å². The van der Waals surface area contributed by atoms with E-state index in [0.717, 1.165) is 0 Å². The number of rotatable bonds is 3. The molecule has 1 aromatic rings. The van der Waals surface area contributed by atoms with Gasteiger partial charge in [-0.1, -0.05) is 5.92 Å². The summed E-state index contributed by atoms with van der Waals surface area (Å²) >= 11 is 0. The maximum Gasteiger partial charge on any atom is 0.295 e. The van der Waals surface area contributed by atoms with Crippen molar-refractivity contribution in [1.82, 2.24) is 10.5 Å². The second-order valence-corrected chi connectivity index (χ2v) is 2.37. The van der Waals surface area contributed by atoms with Crippen LogP contribution in [0.5, 0.6) is 0 Å². The molecule has 0 aliphatic heterocycles. The average Bonchev–Trinajstić information content (AvgIpc) is 2.18. The summed E-state index contributed by atoms with van der Waals surface area (Å²) in [6.07, 6.45) is 6.38. The molecule has 0 bridgehead atoms. The van der Waals surface area contributed by atoms with Gasteiger partial charge in [-0.05, 0) is 12.1 Å². The molecule has 0 saturated carbocycles. The molecule has 5 nitrogen and oxygen atoms in total. The molecule has 14 heavy (non-hydrogen) atoms. The van der Waals surface area contributed by atoms with Gasteiger partial charge in [-0.3, -0.25) is 9.63 Å². The highest BCUT2D eigenvalue weighted by Gasteiger charge is 2.09. The summed E-state index contributed by atoms with van der Waals surface area (Å²) < 4.78 is 0. The lowest BCUT2D eigenvalue weighted by Gasteiger charge is -2.04. The number of terminal acetylenes is 1. The average molecular weight is 191 g/mol. The predicted octanol–water partition coefficient (Wildman–Crippen LogP) is -0.0416. The number of anilines is 1. The molecule has 72 valence electrons. The lowest BCUT2D eigenvalue weighted by atomic mass is 10.3. The first-order valence-electron chi connectivity index (χ1n) is 3.81. The topological polar surface area (TPSA) is 77.2 Å². The molecule has 1 rings (SSSR count). The normalized spacial score (nSPS) is 9.07. The van der Waals surface area contributed by atoms with E-state index in [1.165, 1.54) is 6.20 Å². The number of nitrogen functional groups attached to an aromatic ring is 1. The molecule has 0 unspecified atom stereocenters. The molecule has 0 radical (unpaired) electrons. The molecular weight excluding hydrogens is 182 g/mol. The fourth-order valence-electron chi connectivity index (χ4n) is 0.799. The number of hydroxylamine groups is 1. The first-order valence-corrected chi connectivity index (χ1v) is 3.81. The Labute approximate surface area is 81.2 Å². The van der Waals surface area contributed by atoms with Gasteiger partial charge in [0.1, 0.15) is 6.61 Å². The third-order valence-electron chi connectivity index (χ3n) is 1.37. The first-order chi connectivity index (χ1) is 6.75. The Morgan fingerprint density at radius 1 is 1.79 bits per heavy atom. The zero-order valence-electron chi connectivity index (χ0n) is 7.36. The molecule has 0 aliphatic rings. The Morgan fingerprint density at radius 3 is 3.21 bits per heavy atom. The highest BCUT2D eigenvalue weighted by Crippen LogP contribution is 2.05. The third-order valence-corrected chi connectivity index (χ3v) is 1.37. The van der Waals surface area contributed by atoms with Gasteiger partial charge < -0.3 is 5.73 Å². The van der Waals surface area contributed by atoms with Gasteiger partial charge in [0.25, 0.3) is 5.91 Å². The van der Waals surface area contributed by atoms with Crippen LogP contribution in [-0.4, -0.2) is 17.5 Å². The van der Waals surface area contributed by atoms with Crippen molar-refractivity contribution >= 4 is 11.6 Å². The van der Waals surface area contributed by atoms with Gasteiger partial charge in [0.05, 0.1) is 5.69 Å². The number of hydrogen-bond acceptors (Lipinski definition) is 4. The van der Waals surface area contributed by atoms with Crippen LogP contribution in [0.2, 0.25) is 0 Å². The van der Waals surface area contributed by atoms with E-state index in [1.54, 1.807) is 12.1 Å². The van der Waals surface area contributed by atoms with Crippen LogP contribution in [-0.2, 0) is 4.84 Å². The summed E-state index contributed by atoms with van der Waals surface area (Å²) in [4.78, 5) is 19.7. The van der Waals surface area contributed by atoms with Crippen LogP contribution in [0.3, 0.4) is 0 Å². The Balaban J connectivity index is 2.62. The molecule has 1 heterocycles. The molecule has 5 heteroatoms. The molecule has 0 aliphatic carbocycles. The zero-order chi connectivity index (χ0) is 10.4. The van der Waals surface area contributed by atoms with E-state index in [-0.39, 0.29) is 18.0 Å². The Morgan fingerprint density at radius 2 is 2.57 bits per heavy atom. The van der Waals surface area contributed by atoms with E-state index in [0.29, 0.717) is 0 Å². The number of carbonyl (C=O) groups is 1. The number of carbonyl (C=O) groups excluding carboxylic acids is 1. The summed E-state index contributed by atoms with van der Waals surface area (Å²) in [5, 5.41) is 0. The monoisotopic (exact) mass is 191 g/mol. The summed E-state index contributed by atoms with van der Waals surface area (Å²) in [6.45, 7) is -0.00151. The third kappa shape index (κ3) is 2.47. The molecule has 0 saturated heterocycles. The number of hydrogen-bond donors (Lipinski definition) is 2. The summed E-state index contributed by atoms with van der Waals surface area (Å²) in [5.74, 6) is 1.69. The number of nitrogens with zero attached hydrogens (tertiary/aromatic N) is 1. The SMILES string of the molecule is C#CCONC(=O)c1ncccc1N. The maximum atomic E-state index is 11.3. The minimum atomic E-state index is -0.515. The van der Waals surface area contributed by atoms with Gasteiger partial charge in [-0.25, -0.2) is 10.5 Å². The highest BCUT2D eigenvalue weighted by molar-refractivity contribution is 5.96. The van der Waals surface area contributed by atoms with Gasteiger partial charge in [0.15, 0.2) is 5.69 Å². The van der Waals surface area contributed by atoms with E-state index >= 15 is 0 Å². The van der Waals surface area contributed by atoms with Crippen molar-refractivity contribution in [3.8, 4) is 12.3 Å². The molecule has 0 fully saturated rings. The second-order valence-electron chi connectivity index (χ2n) is 2.37. The van der Waals surface area contributed by atoms with Crippen molar-refractivity contribution < 1.29 is 9.63 Å². The van der Waals surface area contributed by atoms with Crippen LogP contribution in [0.25, 0.3) is 0 Å². The van der Waals surface area contributed by atoms with Crippen molar-refractivity contribution in [2.45, 2.75) is 0 Å². The van der Waals surface area contributed by atoms with Crippen molar-refractivity contribution in [1.29, 1.82) is 0 Å². The van der Waals surface area contributed by atoms with Gasteiger partial charge in [-0.2, -0.15) is 0 Å². The molecule has 0 aromatic carbocycles. The number of pyridine rings is 1. The van der Waals surface area contributed by atoms with Gasteiger partial charge in [0, 0.05) is 6.20 Å². The van der Waals surface area contributed by atoms with Crippen LogP contribution in [0, 0.1) is 12.3 Å². The van der Waals surface area contributed by atoms with Crippen LogP contribution < -0.4 is 11.2 Å². The fraction of sp³-hybridized carbons (Fsp3) is 0.111. The van der Waals surface area contributed by atoms with Crippen LogP contribution in [0.4, 0.5) is 5.69 Å². The summed E-state index contributed by atoms with van der Waals surface area (Å²) in [7, 11) is 0. The number of nitrogens with one attached hydrogen (secondary N) is 1. The lowest BCUT2D eigenvalue weighted by Crippen LogP contribution is -2.25. The molecule has 1 amide bonds. The largest absolute Gasteiger partial charge is 0.397 e. The van der Waals surface area contributed by atoms with Crippen LogP contribution in [0.15, 0.2) is 18.3 Å². The van der Waals surface area contributed by atoms with Gasteiger partial charge >= 0.3 is 0 Å². The van der Waals surface area contributed by atoms with Crippen LogP contribution >= 0.6 is 0 Å². The Hall–Kier alpha value is -2.06. The molecular formula is C9H9N3O2. The standard InChI is InChI=1S/C9H9N3O2/c1-2-6-14-12-9(13)8-7(10)4-3-5-11-8/h1,3-5H,6,10H2,(H,12,13). The van der Waals surface area contributed by atoms with E-state index in [2.05, 4.69) is 21.2 Å². The molecule has 0 spiro atoms. The smallest absolute Gasteiger partial charge is 0.295 e. The number of amides is 1. The van der Waals surface area contributed by atoms with Crippen molar-refractivity contribution in [3.63, 3.8) is 0 Å². The predicted molar refractivity (Wildman–Crippen MR) is 50.9 cm³/mol. The lowest BCUT2D eigenvalue weighted by molar-refractivity contribution is 0.0434. The van der Waals surface area contributed by atoms with Crippen molar-refractivity contribution in [3.05, 3.63) is 24.0 Å². The highest BCUT2D eigenvalue weighted by atomic mass is 16.6. The first kappa shape index (κ1) is 10.0. The zero-order valence-corrected chi connectivity index (χ0v) is 7.36. The summed E-state index contributed by atoms with van der Waals surface area (Å²) in [5.41, 5.74) is 8.02. The maximum absolute atomic E-state index is 11.3. The van der Waals surface area contributed by atoms with E-state index < -0.39 is 5.91 Å². The second kappa shape index (κ2) is 4.84. The van der Waals surface area contributed by atoms with Gasteiger partial charge in [-0.15, -0.1) is 6.42 Å². The van der Waals surface area contributed by atoms with E-state index in [9.17, 15) is 4.79 Å². The Kier molecular flexibility index (Phi) is 3.47.